The molecule has 0 radical (unpaired) electrons. The van der Waals surface area contributed by atoms with Crippen LogP contribution in [0.1, 0.15) is 62.0 Å². The van der Waals surface area contributed by atoms with E-state index in [1.807, 2.05) is 0 Å². The third kappa shape index (κ3) is 4.54. The normalized spacial score (nSPS) is 16.5. The topological polar surface area (TPSA) is 30.3 Å². The number of aromatic nitrogens is 2. The van der Waals surface area contributed by atoms with Crippen molar-refractivity contribution in [2.75, 3.05) is 19.7 Å². The number of likely N-dealkylation sites (tertiary alicyclic amines) is 1. The van der Waals surface area contributed by atoms with E-state index in [0.29, 0.717) is 12.6 Å². The zero-order valence-corrected chi connectivity index (χ0v) is 18.7. The van der Waals surface area contributed by atoms with Gasteiger partial charge < -0.3 is 9.30 Å². The second-order valence-electron chi connectivity index (χ2n) is 8.64. The second-order valence-corrected chi connectivity index (χ2v) is 8.64. The number of aryl methyl sites for hydroxylation is 2. The Morgan fingerprint density at radius 2 is 1.73 bits per heavy atom. The van der Waals surface area contributed by atoms with Crippen LogP contribution in [0.15, 0.2) is 42.5 Å². The average molecular weight is 406 g/mol. The van der Waals surface area contributed by atoms with Gasteiger partial charge in [-0.25, -0.2) is 4.98 Å². The summed E-state index contributed by atoms with van der Waals surface area (Å²) in [7, 11) is 0. The maximum atomic E-state index is 6.12. The van der Waals surface area contributed by atoms with Crippen molar-refractivity contribution in [2.45, 2.75) is 65.5 Å². The van der Waals surface area contributed by atoms with Gasteiger partial charge in [-0.15, -0.1) is 0 Å². The fourth-order valence-electron chi connectivity index (χ4n) is 4.58. The van der Waals surface area contributed by atoms with Crippen LogP contribution >= 0.6 is 0 Å². The molecule has 4 nitrogen and oxygen atoms in total. The number of hydrogen-bond acceptors (Lipinski definition) is 3. The van der Waals surface area contributed by atoms with Crippen LogP contribution in [0.3, 0.4) is 0 Å². The predicted octanol–water partition coefficient (Wildman–Crippen LogP) is 6.06. The Hall–Kier alpha value is -2.33. The van der Waals surface area contributed by atoms with Crippen LogP contribution in [0, 0.1) is 13.8 Å². The van der Waals surface area contributed by atoms with Gasteiger partial charge in [-0.1, -0.05) is 37.1 Å². The van der Waals surface area contributed by atoms with Crippen molar-refractivity contribution in [3.63, 3.8) is 0 Å². The van der Waals surface area contributed by atoms with Crippen molar-refractivity contribution in [3.05, 3.63) is 59.4 Å². The van der Waals surface area contributed by atoms with E-state index >= 15 is 0 Å². The van der Waals surface area contributed by atoms with Gasteiger partial charge in [0.05, 0.1) is 23.7 Å². The average Bonchev–Trinajstić information content (AvgIpc) is 2.92. The Morgan fingerprint density at radius 3 is 2.53 bits per heavy atom. The third-order valence-electron chi connectivity index (χ3n) is 6.58. The SMILES string of the molecule is Cc1cccc(OCCCn2c(C(C)N3CCCCCC3)nc3ccccc32)c1C. The molecule has 0 aliphatic carbocycles. The fraction of sp³-hybridized carbons (Fsp3) is 0.500. The first-order valence-electron chi connectivity index (χ1n) is 11.5. The van der Waals surface area contributed by atoms with E-state index in [1.54, 1.807) is 0 Å². The van der Waals surface area contributed by atoms with Crippen LogP contribution in [0.25, 0.3) is 11.0 Å². The third-order valence-corrected chi connectivity index (χ3v) is 6.58. The maximum absolute atomic E-state index is 6.12. The molecular formula is C26H35N3O. The molecule has 2 aromatic carbocycles. The first-order valence-corrected chi connectivity index (χ1v) is 11.5. The zero-order chi connectivity index (χ0) is 20.9. The fourth-order valence-corrected chi connectivity index (χ4v) is 4.58. The minimum absolute atomic E-state index is 0.343. The molecule has 0 saturated carbocycles. The summed E-state index contributed by atoms with van der Waals surface area (Å²) in [6.07, 6.45) is 6.28. The van der Waals surface area contributed by atoms with E-state index in [9.17, 15) is 0 Å². The Bertz CT molecular complexity index is 970. The molecule has 1 aromatic heterocycles. The van der Waals surface area contributed by atoms with Crippen molar-refractivity contribution >= 4 is 11.0 Å². The maximum Gasteiger partial charge on any atom is 0.127 e. The molecule has 3 aromatic rings. The summed E-state index contributed by atoms with van der Waals surface area (Å²) < 4.78 is 8.54. The lowest BCUT2D eigenvalue weighted by atomic mass is 10.1. The molecule has 1 unspecified atom stereocenters. The van der Waals surface area contributed by atoms with Crippen molar-refractivity contribution in [2.24, 2.45) is 0 Å². The standard InChI is InChI=1S/C26H35N3O/c1-20-12-10-15-25(21(20)2)30-19-11-18-29-24-14-7-6-13-23(24)27-26(29)22(3)28-16-8-4-5-9-17-28/h6-7,10,12-15,22H,4-5,8-9,11,16-19H2,1-3H3. The molecule has 0 bridgehead atoms. The molecule has 4 heteroatoms. The lowest BCUT2D eigenvalue weighted by Crippen LogP contribution is -2.30. The summed E-state index contributed by atoms with van der Waals surface area (Å²) in [5.74, 6) is 2.20. The second kappa shape index (κ2) is 9.65. The first-order chi connectivity index (χ1) is 14.6. The molecule has 1 saturated heterocycles. The molecule has 2 heterocycles. The zero-order valence-electron chi connectivity index (χ0n) is 18.7. The smallest absolute Gasteiger partial charge is 0.127 e. The lowest BCUT2D eigenvalue weighted by Gasteiger charge is -2.27. The Balaban J connectivity index is 1.49. The summed E-state index contributed by atoms with van der Waals surface area (Å²) in [4.78, 5) is 7.68. The number of nitrogens with zero attached hydrogens (tertiary/aromatic N) is 3. The molecule has 4 rings (SSSR count). The molecule has 1 aliphatic heterocycles. The van der Waals surface area contributed by atoms with Crippen molar-refractivity contribution in [3.8, 4) is 5.75 Å². The number of benzene rings is 2. The molecule has 0 amide bonds. The van der Waals surface area contributed by atoms with Crippen LogP contribution in [0.2, 0.25) is 0 Å². The lowest BCUT2D eigenvalue weighted by molar-refractivity contribution is 0.206. The summed E-state index contributed by atoms with van der Waals surface area (Å²) in [5.41, 5.74) is 4.85. The van der Waals surface area contributed by atoms with Gasteiger partial charge in [-0.2, -0.15) is 0 Å². The van der Waals surface area contributed by atoms with E-state index in [-0.39, 0.29) is 0 Å². The van der Waals surface area contributed by atoms with Gasteiger partial charge in [-0.05, 0) is 82.4 Å². The van der Waals surface area contributed by atoms with Crippen LogP contribution in [0.5, 0.6) is 5.75 Å². The van der Waals surface area contributed by atoms with Gasteiger partial charge in [0.25, 0.3) is 0 Å². The summed E-state index contributed by atoms with van der Waals surface area (Å²) >= 11 is 0. The van der Waals surface area contributed by atoms with Gasteiger partial charge in [0, 0.05) is 6.54 Å². The number of para-hydroxylation sites is 2. The highest BCUT2D eigenvalue weighted by atomic mass is 16.5. The van der Waals surface area contributed by atoms with Crippen LogP contribution in [-0.2, 0) is 6.54 Å². The molecule has 160 valence electrons. The van der Waals surface area contributed by atoms with E-state index in [1.165, 1.54) is 61.2 Å². The molecule has 1 atom stereocenters. The number of fused-ring (bicyclic) bond motifs is 1. The number of rotatable bonds is 7. The van der Waals surface area contributed by atoms with Crippen molar-refractivity contribution in [1.82, 2.24) is 14.5 Å². The molecule has 0 spiro atoms. The highest BCUT2D eigenvalue weighted by molar-refractivity contribution is 5.76. The minimum atomic E-state index is 0.343. The monoisotopic (exact) mass is 405 g/mol. The van der Waals surface area contributed by atoms with Crippen molar-refractivity contribution in [1.29, 1.82) is 0 Å². The van der Waals surface area contributed by atoms with E-state index < -0.39 is 0 Å². The Labute approximate surface area is 180 Å². The summed E-state index contributed by atoms with van der Waals surface area (Å²) in [6.45, 7) is 10.6. The van der Waals surface area contributed by atoms with Gasteiger partial charge in [0.1, 0.15) is 11.6 Å². The Kier molecular flexibility index (Phi) is 6.73. The molecule has 1 aliphatic rings. The number of imidazole rings is 1. The van der Waals surface area contributed by atoms with Crippen molar-refractivity contribution < 1.29 is 4.74 Å². The largest absolute Gasteiger partial charge is 0.493 e. The summed E-state index contributed by atoms with van der Waals surface area (Å²) in [5, 5.41) is 0. The van der Waals surface area contributed by atoms with Crippen LogP contribution < -0.4 is 4.74 Å². The van der Waals surface area contributed by atoms with Gasteiger partial charge in [-0.3, -0.25) is 4.90 Å². The molecule has 30 heavy (non-hydrogen) atoms. The van der Waals surface area contributed by atoms with Gasteiger partial charge >= 0.3 is 0 Å². The van der Waals surface area contributed by atoms with Crippen LogP contribution in [-0.4, -0.2) is 34.1 Å². The number of hydrogen-bond donors (Lipinski definition) is 0. The van der Waals surface area contributed by atoms with Crippen LogP contribution in [0.4, 0.5) is 0 Å². The predicted molar refractivity (Wildman–Crippen MR) is 124 cm³/mol. The molecule has 0 N–H and O–H groups in total. The highest BCUT2D eigenvalue weighted by Gasteiger charge is 2.23. The molecular weight excluding hydrogens is 370 g/mol. The highest BCUT2D eigenvalue weighted by Crippen LogP contribution is 2.27. The van der Waals surface area contributed by atoms with E-state index in [4.69, 9.17) is 9.72 Å². The first kappa shape index (κ1) is 20.9. The number of ether oxygens (including phenoxy) is 1. The van der Waals surface area contributed by atoms with Gasteiger partial charge in [0.15, 0.2) is 0 Å². The molecule has 1 fully saturated rings. The minimum Gasteiger partial charge on any atom is -0.493 e. The Morgan fingerprint density at radius 1 is 0.967 bits per heavy atom. The summed E-state index contributed by atoms with van der Waals surface area (Å²) in [6, 6.07) is 15.2. The van der Waals surface area contributed by atoms with Gasteiger partial charge in [0.2, 0.25) is 0 Å². The van der Waals surface area contributed by atoms with E-state index in [2.05, 4.69) is 72.7 Å². The van der Waals surface area contributed by atoms with E-state index in [0.717, 1.165) is 24.2 Å². The quantitative estimate of drug-likeness (QED) is 0.448.